The molecule has 0 bridgehead atoms. The summed E-state index contributed by atoms with van der Waals surface area (Å²) >= 11 is 0. The van der Waals surface area contributed by atoms with Crippen LogP contribution < -0.4 is 0 Å². The van der Waals surface area contributed by atoms with Gasteiger partial charge in [0, 0.05) is 5.92 Å². The number of benzene rings is 1. The molecule has 0 aromatic heterocycles. The molecule has 0 amide bonds. The number of hydrogen-bond acceptors (Lipinski definition) is 2. The lowest BCUT2D eigenvalue weighted by atomic mass is 9.74. The lowest BCUT2D eigenvalue weighted by Gasteiger charge is -2.25. The van der Waals surface area contributed by atoms with Gasteiger partial charge < -0.3 is 4.74 Å². The van der Waals surface area contributed by atoms with Crippen molar-refractivity contribution in [1.82, 2.24) is 0 Å². The van der Waals surface area contributed by atoms with E-state index < -0.39 is 0 Å². The van der Waals surface area contributed by atoms with Gasteiger partial charge in [0.05, 0.1) is 12.0 Å². The zero-order valence-corrected chi connectivity index (χ0v) is 13.2. The molecule has 1 saturated heterocycles. The average Bonchev–Trinajstić information content (AvgIpc) is 2.85. The Labute approximate surface area is 127 Å². The molecule has 2 nitrogen and oxygen atoms in total. The Morgan fingerprint density at radius 1 is 1.29 bits per heavy atom. The van der Waals surface area contributed by atoms with E-state index in [1.54, 1.807) is 0 Å². The minimum Gasteiger partial charge on any atom is -0.465 e. The third-order valence-electron chi connectivity index (χ3n) is 5.04. The Morgan fingerprint density at radius 3 is 2.57 bits per heavy atom. The highest BCUT2D eigenvalue weighted by Gasteiger charge is 2.55. The minimum absolute atomic E-state index is 0.0222. The van der Waals surface area contributed by atoms with Crippen molar-refractivity contribution in [2.75, 3.05) is 6.61 Å². The van der Waals surface area contributed by atoms with Crippen molar-refractivity contribution < 1.29 is 9.53 Å². The first-order valence-corrected chi connectivity index (χ1v) is 7.74. The van der Waals surface area contributed by atoms with Gasteiger partial charge in [-0.2, -0.15) is 0 Å². The van der Waals surface area contributed by atoms with Crippen molar-refractivity contribution in [1.29, 1.82) is 0 Å². The maximum Gasteiger partial charge on any atom is 0.313 e. The van der Waals surface area contributed by atoms with Crippen molar-refractivity contribution in [2.24, 2.45) is 11.3 Å². The molecule has 1 aromatic rings. The molecule has 0 spiro atoms. The lowest BCUT2D eigenvalue weighted by Crippen LogP contribution is -2.31. The highest BCUT2D eigenvalue weighted by molar-refractivity contribution is 5.81. The van der Waals surface area contributed by atoms with Crippen LogP contribution >= 0.6 is 0 Å². The first-order chi connectivity index (χ1) is 9.81. The van der Waals surface area contributed by atoms with Crippen LogP contribution in [0, 0.1) is 11.3 Å². The first-order valence-electron chi connectivity index (χ1n) is 7.74. The van der Waals surface area contributed by atoms with Gasteiger partial charge in [-0.05, 0) is 35.8 Å². The predicted octanol–water partition coefficient (Wildman–Crippen LogP) is 4.04. The van der Waals surface area contributed by atoms with Gasteiger partial charge in [-0.3, -0.25) is 4.79 Å². The highest BCUT2D eigenvalue weighted by Crippen LogP contribution is 2.52. The monoisotopic (exact) mass is 284 g/mol. The van der Waals surface area contributed by atoms with Crippen molar-refractivity contribution in [3.63, 3.8) is 0 Å². The molecular weight excluding hydrogens is 260 g/mol. The topological polar surface area (TPSA) is 26.3 Å². The highest BCUT2D eigenvalue weighted by atomic mass is 16.5. The molecule has 1 saturated carbocycles. The first kappa shape index (κ1) is 14.4. The number of allylic oxidation sites excluding steroid dienone is 1. The molecule has 1 heterocycles. The maximum atomic E-state index is 12.3. The van der Waals surface area contributed by atoms with E-state index >= 15 is 0 Å². The molecule has 2 aliphatic rings. The molecule has 0 radical (unpaired) electrons. The summed E-state index contributed by atoms with van der Waals surface area (Å²) < 4.78 is 5.34. The molecule has 21 heavy (non-hydrogen) atoms. The third kappa shape index (κ3) is 2.41. The summed E-state index contributed by atoms with van der Waals surface area (Å²) in [4.78, 5) is 12.3. The molecule has 112 valence electrons. The average molecular weight is 284 g/mol. The van der Waals surface area contributed by atoms with E-state index in [-0.39, 0.29) is 16.8 Å². The second-order valence-electron chi connectivity index (χ2n) is 7.71. The van der Waals surface area contributed by atoms with Crippen LogP contribution in [0.5, 0.6) is 0 Å². The lowest BCUT2D eigenvalue weighted by molar-refractivity contribution is -0.146. The van der Waals surface area contributed by atoms with Crippen LogP contribution in [-0.4, -0.2) is 12.6 Å². The number of ether oxygens (including phenoxy) is 1. The number of carbonyl (C=O) groups excluding carboxylic acids is 1. The van der Waals surface area contributed by atoms with Gasteiger partial charge in [-0.25, -0.2) is 0 Å². The summed E-state index contributed by atoms with van der Waals surface area (Å²) in [6.45, 7) is 11.3. The third-order valence-corrected chi connectivity index (χ3v) is 5.04. The molecule has 1 aliphatic heterocycles. The van der Waals surface area contributed by atoms with Crippen LogP contribution in [0.25, 0.3) is 0 Å². The van der Waals surface area contributed by atoms with E-state index in [2.05, 4.69) is 51.6 Å². The van der Waals surface area contributed by atoms with Crippen molar-refractivity contribution in [3.05, 3.63) is 47.5 Å². The van der Waals surface area contributed by atoms with Crippen molar-refractivity contribution in [2.45, 2.75) is 45.4 Å². The standard InChI is InChI=1S/C19H24O2/c1-13-9-16-12-21-17(20)19(16,10-13)11-14-5-7-15(8-6-14)18(2,3)4/h5-8,16H,1,9-12H2,2-4H3. The van der Waals surface area contributed by atoms with Gasteiger partial charge in [-0.1, -0.05) is 57.2 Å². The van der Waals surface area contributed by atoms with Crippen molar-refractivity contribution in [3.8, 4) is 0 Å². The number of cyclic esters (lactones) is 1. The summed E-state index contributed by atoms with van der Waals surface area (Å²) in [6, 6.07) is 8.70. The summed E-state index contributed by atoms with van der Waals surface area (Å²) in [5.41, 5.74) is 3.56. The van der Waals surface area contributed by atoms with Crippen LogP contribution in [0.1, 0.15) is 44.7 Å². The largest absolute Gasteiger partial charge is 0.465 e. The predicted molar refractivity (Wildman–Crippen MR) is 84.1 cm³/mol. The Kier molecular flexibility index (Phi) is 3.23. The summed E-state index contributed by atoms with van der Waals surface area (Å²) in [6.07, 6.45) is 2.50. The summed E-state index contributed by atoms with van der Waals surface area (Å²) in [5.74, 6) is 0.297. The second kappa shape index (κ2) is 4.72. The fourth-order valence-corrected chi connectivity index (χ4v) is 3.75. The molecule has 2 fully saturated rings. The van der Waals surface area contributed by atoms with E-state index in [0.29, 0.717) is 12.5 Å². The second-order valence-corrected chi connectivity index (χ2v) is 7.71. The molecule has 0 N–H and O–H groups in total. The number of hydrogen-bond donors (Lipinski definition) is 0. The maximum absolute atomic E-state index is 12.3. The Hall–Kier alpha value is -1.57. The van der Waals surface area contributed by atoms with Crippen LogP contribution in [0.3, 0.4) is 0 Å². The Balaban J connectivity index is 1.85. The number of rotatable bonds is 2. The quantitative estimate of drug-likeness (QED) is 0.605. The van der Waals surface area contributed by atoms with E-state index in [1.165, 1.54) is 16.7 Å². The zero-order valence-electron chi connectivity index (χ0n) is 13.2. The number of esters is 1. The molecule has 3 rings (SSSR count). The summed E-state index contributed by atoms with van der Waals surface area (Å²) in [5, 5.41) is 0. The number of carbonyl (C=O) groups is 1. The zero-order chi connectivity index (χ0) is 15.3. The Morgan fingerprint density at radius 2 is 1.95 bits per heavy atom. The molecule has 2 heteroatoms. The normalized spacial score (nSPS) is 28.6. The molecular formula is C19H24O2. The molecule has 2 atom stereocenters. The minimum atomic E-state index is -0.347. The van der Waals surface area contributed by atoms with E-state index in [9.17, 15) is 4.79 Å². The van der Waals surface area contributed by atoms with E-state index in [4.69, 9.17) is 4.74 Å². The summed E-state index contributed by atoms with van der Waals surface area (Å²) in [7, 11) is 0. The van der Waals surface area contributed by atoms with Crippen LogP contribution in [0.2, 0.25) is 0 Å². The Bertz CT molecular complexity index is 577. The fraction of sp³-hybridized carbons (Fsp3) is 0.526. The van der Waals surface area contributed by atoms with Crippen molar-refractivity contribution >= 4 is 5.97 Å². The van der Waals surface area contributed by atoms with E-state index in [0.717, 1.165) is 19.3 Å². The van der Waals surface area contributed by atoms with Crippen LogP contribution in [-0.2, 0) is 21.4 Å². The van der Waals surface area contributed by atoms with Crippen LogP contribution in [0.15, 0.2) is 36.4 Å². The van der Waals surface area contributed by atoms with Gasteiger partial charge in [-0.15, -0.1) is 0 Å². The molecule has 1 aliphatic carbocycles. The van der Waals surface area contributed by atoms with Gasteiger partial charge in [0.15, 0.2) is 0 Å². The van der Waals surface area contributed by atoms with E-state index in [1.807, 2.05) is 0 Å². The van der Waals surface area contributed by atoms with Gasteiger partial charge in [0.2, 0.25) is 0 Å². The molecule has 1 aromatic carbocycles. The van der Waals surface area contributed by atoms with Gasteiger partial charge in [0.1, 0.15) is 0 Å². The molecule has 2 unspecified atom stereocenters. The SMILES string of the molecule is C=C1CC2COC(=O)C2(Cc2ccc(C(C)(C)C)cc2)C1. The number of fused-ring (bicyclic) bond motifs is 1. The smallest absolute Gasteiger partial charge is 0.313 e. The fourth-order valence-electron chi connectivity index (χ4n) is 3.75. The van der Waals surface area contributed by atoms with Gasteiger partial charge >= 0.3 is 5.97 Å². The van der Waals surface area contributed by atoms with Gasteiger partial charge in [0.25, 0.3) is 0 Å². The van der Waals surface area contributed by atoms with Crippen LogP contribution in [0.4, 0.5) is 0 Å².